The quantitative estimate of drug-likeness (QED) is 0.935. The van der Waals surface area contributed by atoms with Crippen molar-refractivity contribution in [1.29, 1.82) is 0 Å². The second-order valence-electron chi connectivity index (χ2n) is 6.91. The summed E-state index contributed by atoms with van der Waals surface area (Å²) in [5.74, 6) is 0.649. The zero-order valence-electron chi connectivity index (χ0n) is 14.5. The van der Waals surface area contributed by atoms with Crippen LogP contribution >= 0.6 is 0 Å². The number of aliphatic hydroxyl groups excluding tert-OH is 1. The Hall–Kier alpha value is -2.13. The molecule has 3 nitrogen and oxygen atoms in total. The van der Waals surface area contributed by atoms with E-state index in [0.29, 0.717) is 5.92 Å². The molecular formula is C21H25NO2. The standard InChI is InChI=1S/C21H25NO2/c1-15-6-7-16(2)20(10-15)21(24)22-9-8-18(13-22)11-17-4-3-5-19(12-17)14-23/h3-7,10,12,18,23H,8-9,11,13-14H2,1-2H3/t18-/m1/s1. The lowest BCUT2D eigenvalue weighted by Gasteiger charge is -2.18. The molecule has 1 heterocycles. The van der Waals surface area contributed by atoms with E-state index in [-0.39, 0.29) is 12.5 Å². The van der Waals surface area contributed by atoms with Crippen LogP contribution in [0.3, 0.4) is 0 Å². The molecule has 1 aliphatic rings. The molecule has 1 fully saturated rings. The molecule has 126 valence electrons. The number of nitrogens with zero attached hydrogens (tertiary/aromatic N) is 1. The zero-order chi connectivity index (χ0) is 17.1. The van der Waals surface area contributed by atoms with Gasteiger partial charge in [0.15, 0.2) is 0 Å². The lowest BCUT2D eigenvalue weighted by molar-refractivity contribution is 0.0786. The fraction of sp³-hybridized carbons (Fsp3) is 0.381. The lowest BCUT2D eigenvalue weighted by atomic mass is 9.97. The Balaban J connectivity index is 1.66. The van der Waals surface area contributed by atoms with Gasteiger partial charge in [0.25, 0.3) is 5.91 Å². The van der Waals surface area contributed by atoms with E-state index in [4.69, 9.17) is 0 Å². The zero-order valence-corrected chi connectivity index (χ0v) is 14.5. The smallest absolute Gasteiger partial charge is 0.254 e. The van der Waals surface area contributed by atoms with Crippen molar-refractivity contribution in [1.82, 2.24) is 4.90 Å². The van der Waals surface area contributed by atoms with Crippen molar-refractivity contribution in [2.45, 2.75) is 33.3 Å². The van der Waals surface area contributed by atoms with Gasteiger partial charge in [0.05, 0.1) is 6.61 Å². The van der Waals surface area contributed by atoms with Crippen LogP contribution in [0.1, 0.15) is 39.0 Å². The molecule has 0 aliphatic carbocycles. The lowest BCUT2D eigenvalue weighted by Crippen LogP contribution is -2.29. The molecule has 0 bridgehead atoms. The summed E-state index contributed by atoms with van der Waals surface area (Å²) in [4.78, 5) is 14.8. The summed E-state index contributed by atoms with van der Waals surface area (Å²) in [5, 5.41) is 9.26. The Bertz CT molecular complexity index is 738. The molecule has 1 amide bonds. The summed E-state index contributed by atoms with van der Waals surface area (Å²) in [6.45, 7) is 5.75. The molecule has 0 radical (unpaired) electrons. The van der Waals surface area contributed by atoms with Gasteiger partial charge in [0, 0.05) is 18.7 Å². The maximum Gasteiger partial charge on any atom is 0.254 e. The largest absolute Gasteiger partial charge is 0.392 e. The van der Waals surface area contributed by atoms with Crippen LogP contribution < -0.4 is 0 Å². The first-order valence-corrected chi connectivity index (χ1v) is 8.62. The number of carbonyl (C=O) groups excluding carboxylic acids is 1. The SMILES string of the molecule is Cc1ccc(C)c(C(=O)N2CC[C@H](Cc3cccc(CO)c3)C2)c1. The molecule has 1 atom stereocenters. The maximum atomic E-state index is 12.8. The number of amides is 1. The Morgan fingerprint density at radius 1 is 1.17 bits per heavy atom. The van der Waals surface area contributed by atoms with Crippen molar-refractivity contribution < 1.29 is 9.90 Å². The van der Waals surface area contributed by atoms with Crippen LogP contribution in [0.15, 0.2) is 42.5 Å². The third-order valence-electron chi connectivity index (χ3n) is 4.89. The number of carbonyl (C=O) groups is 1. The van der Waals surface area contributed by atoms with Crippen LogP contribution in [0, 0.1) is 19.8 Å². The van der Waals surface area contributed by atoms with E-state index >= 15 is 0 Å². The van der Waals surface area contributed by atoms with Crippen molar-refractivity contribution >= 4 is 5.91 Å². The van der Waals surface area contributed by atoms with Crippen molar-refractivity contribution in [3.05, 3.63) is 70.3 Å². The van der Waals surface area contributed by atoms with Gasteiger partial charge in [-0.15, -0.1) is 0 Å². The number of likely N-dealkylation sites (tertiary alicyclic amines) is 1. The summed E-state index contributed by atoms with van der Waals surface area (Å²) < 4.78 is 0. The van der Waals surface area contributed by atoms with Crippen LogP contribution in [-0.4, -0.2) is 29.0 Å². The van der Waals surface area contributed by atoms with Crippen LogP contribution in [0.5, 0.6) is 0 Å². The number of benzene rings is 2. The molecule has 24 heavy (non-hydrogen) atoms. The first-order valence-electron chi connectivity index (χ1n) is 8.62. The van der Waals surface area contributed by atoms with Gasteiger partial charge in [-0.2, -0.15) is 0 Å². The number of aliphatic hydroxyl groups is 1. The fourth-order valence-electron chi connectivity index (χ4n) is 3.51. The maximum absolute atomic E-state index is 12.8. The highest BCUT2D eigenvalue weighted by atomic mass is 16.3. The number of aryl methyl sites for hydroxylation is 2. The first-order chi connectivity index (χ1) is 11.6. The highest BCUT2D eigenvalue weighted by molar-refractivity contribution is 5.96. The van der Waals surface area contributed by atoms with Crippen LogP contribution in [0.4, 0.5) is 0 Å². The predicted molar refractivity (Wildman–Crippen MR) is 96.0 cm³/mol. The average molecular weight is 323 g/mol. The molecule has 1 saturated heterocycles. The third kappa shape index (κ3) is 3.68. The van der Waals surface area contributed by atoms with E-state index in [9.17, 15) is 9.90 Å². The van der Waals surface area contributed by atoms with E-state index in [2.05, 4.69) is 12.1 Å². The highest BCUT2D eigenvalue weighted by Crippen LogP contribution is 2.24. The minimum absolute atomic E-state index is 0.0791. The van der Waals surface area contributed by atoms with Crippen molar-refractivity contribution in [3.8, 4) is 0 Å². The second-order valence-corrected chi connectivity index (χ2v) is 6.91. The molecule has 1 N–H and O–H groups in total. The summed E-state index contributed by atoms with van der Waals surface area (Å²) in [6.07, 6.45) is 2.00. The fourth-order valence-corrected chi connectivity index (χ4v) is 3.51. The van der Waals surface area contributed by atoms with Crippen molar-refractivity contribution in [2.75, 3.05) is 13.1 Å². The molecule has 0 spiro atoms. The second kappa shape index (κ2) is 7.18. The number of hydrogen-bond acceptors (Lipinski definition) is 2. The van der Waals surface area contributed by atoms with Gasteiger partial charge in [0.2, 0.25) is 0 Å². The van der Waals surface area contributed by atoms with Crippen molar-refractivity contribution in [3.63, 3.8) is 0 Å². The molecule has 2 aromatic carbocycles. The monoisotopic (exact) mass is 323 g/mol. The predicted octanol–water partition coefficient (Wildman–Crippen LogP) is 3.50. The van der Waals surface area contributed by atoms with Gasteiger partial charge in [-0.3, -0.25) is 4.79 Å². The first kappa shape index (κ1) is 16.7. The summed E-state index contributed by atoms with van der Waals surface area (Å²) in [5.41, 5.74) is 5.20. The molecule has 0 aromatic heterocycles. The van der Waals surface area contributed by atoms with Crippen LogP contribution in [0.2, 0.25) is 0 Å². The molecule has 3 rings (SSSR count). The average Bonchev–Trinajstić information content (AvgIpc) is 3.05. The Morgan fingerprint density at radius 3 is 2.75 bits per heavy atom. The van der Waals surface area contributed by atoms with E-state index in [1.807, 2.05) is 49.1 Å². The summed E-state index contributed by atoms with van der Waals surface area (Å²) in [7, 11) is 0. The summed E-state index contributed by atoms with van der Waals surface area (Å²) in [6, 6.07) is 14.2. The Kier molecular flexibility index (Phi) is 5.00. The third-order valence-corrected chi connectivity index (χ3v) is 4.89. The molecule has 0 saturated carbocycles. The molecule has 2 aromatic rings. The van der Waals surface area contributed by atoms with E-state index in [0.717, 1.165) is 48.2 Å². The van der Waals surface area contributed by atoms with E-state index in [1.165, 1.54) is 5.56 Å². The molecule has 0 unspecified atom stereocenters. The number of rotatable bonds is 4. The van der Waals surface area contributed by atoms with Crippen LogP contribution in [0.25, 0.3) is 0 Å². The summed E-state index contributed by atoms with van der Waals surface area (Å²) >= 11 is 0. The van der Waals surface area contributed by atoms with Crippen molar-refractivity contribution in [2.24, 2.45) is 5.92 Å². The normalized spacial score (nSPS) is 17.3. The molecule has 3 heteroatoms. The van der Waals surface area contributed by atoms with Crippen LogP contribution in [-0.2, 0) is 13.0 Å². The van der Waals surface area contributed by atoms with E-state index < -0.39 is 0 Å². The van der Waals surface area contributed by atoms with Gasteiger partial charge < -0.3 is 10.0 Å². The number of hydrogen-bond donors (Lipinski definition) is 1. The minimum atomic E-state index is 0.0791. The van der Waals surface area contributed by atoms with Gasteiger partial charge in [-0.25, -0.2) is 0 Å². The van der Waals surface area contributed by atoms with Gasteiger partial charge in [0.1, 0.15) is 0 Å². The van der Waals surface area contributed by atoms with E-state index in [1.54, 1.807) is 0 Å². The minimum Gasteiger partial charge on any atom is -0.392 e. The topological polar surface area (TPSA) is 40.5 Å². The molecule has 1 aliphatic heterocycles. The van der Waals surface area contributed by atoms with Gasteiger partial charge in [-0.05, 0) is 55.4 Å². The Morgan fingerprint density at radius 2 is 1.96 bits per heavy atom. The molecular weight excluding hydrogens is 298 g/mol. The Labute approximate surface area is 143 Å². The highest BCUT2D eigenvalue weighted by Gasteiger charge is 2.27. The van der Waals surface area contributed by atoms with Gasteiger partial charge >= 0.3 is 0 Å². The van der Waals surface area contributed by atoms with Gasteiger partial charge in [-0.1, -0.05) is 42.0 Å².